The van der Waals surface area contributed by atoms with E-state index in [0.717, 1.165) is 11.3 Å². The Labute approximate surface area is 115 Å². The normalized spacial score (nSPS) is 9.95. The van der Waals surface area contributed by atoms with Gasteiger partial charge in [0.1, 0.15) is 28.1 Å². The SMILES string of the molecule is COc1ccc(-c2nnc(SC)c(C#N)c2N)cc1. The molecule has 0 saturated heterocycles. The summed E-state index contributed by atoms with van der Waals surface area (Å²) in [4.78, 5) is 0. The lowest BCUT2D eigenvalue weighted by molar-refractivity contribution is 0.415. The van der Waals surface area contributed by atoms with Crippen LogP contribution in [0.25, 0.3) is 11.3 Å². The van der Waals surface area contributed by atoms with Gasteiger partial charge in [-0.3, -0.25) is 0 Å². The molecule has 19 heavy (non-hydrogen) atoms. The standard InChI is InChI=1S/C13H12N4OS/c1-18-9-5-3-8(4-6-9)12-11(15)10(7-14)13(19-2)17-16-12/h3-6H,1-2H3,(H2,15,17). The number of thioether (sulfide) groups is 1. The smallest absolute Gasteiger partial charge is 0.138 e. The first-order chi connectivity index (χ1) is 9.21. The first kappa shape index (κ1) is 13.2. The summed E-state index contributed by atoms with van der Waals surface area (Å²) >= 11 is 1.35. The maximum absolute atomic E-state index is 9.15. The second-order valence-corrected chi connectivity index (χ2v) is 4.48. The Hall–Kier alpha value is -2.26. The molecule has 1 aromatic heterocycles. The highest BCUT2D eigenvalue weighted by atomic mass is 32.2. The highest BCUT2D eigenvalue weighted by Gasteiger charge is 2.14. The van der Waals surface area contributed by atoms with Crippen LogP contribution in [-0.4, -0.2) is 23.6 Å². The van der Waals surface area contributed by atoms with Gasteiger partial charge in [-0.05, 0) is 30.5 Å². The molecular weight excluding hydrogens is 260 g/mol. The molecule has 6 heteroatoms. The number of nitrogens with two attached hydrogens (primary N) is 1. The summed E-state index contributed by atoms with van der Waals surface area (Å²) in [7, 11) is 1.60. The molecule has 0 aliphatic carbocycles. The van der Waals surface area contributed by atoms with E-state index in [4.69, 9.17) is 15.7 Å². The Kier molecular flexibility index (Phi) is 3.88. The molecule has 1 aromatic carbocycles. The molecule has 2 rings (SSSR count). The Morgan fingerprint density at radius 3 is 2.47 bits per heavy atom. The van der Waals surface area contributed by atoms with Crippen LogP contribution in [0.2, 0.25) is 0 Å². The summed E-state index contributed by atoms with van der Waals surface area (Å²) in [6.45, 7) is 0. The highest BCUT2D eigenvalue weighted by Crippen LogP contribution is 2.30. The number of nitrogens with zero attached hydrogens (tertiary/aromatic N) is 3. The van der Waals surface area contributed by atoms with Crippen molar-refractivity contribution < 1.29 is 4.74 Å². The first-order valence-electron chi connectivity index (χ1n) is 5.46. The zero-order valence-corrected chi connectivity index (χ0v) is 11.4. The van der Waals surface area contributed by atoms with Crippen molar-refractivity contribution in [2.75, 3.05) is 19.1 Å². The number of hydrogen-bond acceptors (Lipinski definition) is 6. The highest BCUT2D eigenvalue weighted by molar-refractivity contribution is 7.98. The number of benzene rings is 1. The lowest BCUT2D eigenvalue weighted by atomic mass is 10.1. The monoisotopic (exact) mass is 272 g/mol. The van der Waals surface area contributed by atoms with E-state index in [-0.39, 0.29) is 0 Å². The third kappa shape index (κ3) is 2.46. The molecule has 2 N–H and O–H groups in total. The van der Waals surface area contributed by atoms with Crippen LogP contribution in [0, 0.1) is 11.3 Å². The van der Waals surface area contributed by atoms with E-state index >= 15 is 0 Å². The van der Waals surface area contributed by atoms with Gasteiger partial charge in [0.25, 0.3) is 0 Å². The predicted octanol–water partition coefficient (Wildman–Crippen LogP) is 2.33. The Morgan fingerprint density at radius 1 is 1.26 bits per heavy atom. The third-order valence-corrected chi connectivity index (χ3v) is 3.32. The molecule has 1 heterocycles. The van der Waals surface area contributed by atoms with E-state index < -0.39 is 0 Å². The van der Waals surface area contributed by atoms with Crippen LogP contribution in [-0.2, 0) is 0 Å². The first-order valence-corrected chi connectivity index (χ1v) is 6.68. The molecule has 0 spiro atoms. The van der Waals surface area contributed by atoms with Crippen molar-refractivity contribution in [2.24, 2.45) is 0 Å². The third-order valence-electron chi connectivity index (χ3n) is 2.65. The predicted molar refractivity (Wildman–Crippen MR) is 74.9 cm³/mol. The fourth-order valence-corrected chi connectivity index (χ4v) is 2.13. The molecule has 0 fully saturated rings. The number of aromatic nitrogens is 2. The lowest BCUT2D eigenvalue weighted by Crippen LogP contribution is -2.02. The van der Waals surface area contributed by atoms with Crippen LogP contribution in [0.1, 0.15) is 5.56 Å². The summed E-state index contributed by atoms with van der Waals surface area (Å²) in [5, 5.41) is 17.8. The molecule has 0 atom stereocenters. The summed E-state index contributed by atoms with van der Waals surface area (Å²) in [5.41, 5.74) is 8.04. The van der Waals surface area contributed by atoms with Gasteiger partial charge in [-0.2, -0.15) is 5.26 Å². The van der Waals surface area contributed by atoms with Crippen LogP contribution >= 0.6 is 11.8 Å². The topological polar surface area (TPSA) is 84.8 Å². The van der Waals surface area contributed by atoms with Crippen molar-refractivity contribution in [3.8, 4) is 23.1 Å². The van der Waals surface area contributed by atoms with Gasteiger partial charge < -0.3 is 10.5 Å². The van der Waals surface area contributed by atoms with Gasteiger partial charge in [0.05, 0.1) is 12.8 Å². The van der Waals surface area contributed by atoms with Crippen molar-refractivity contribution in [3.05, 3.63) is 29.8 Å². The molecule has 0 radical (unpaired) electrons. The lowest BCUT2D eigenvalue weighted by Gasteiger charge is -2.08. The molecule has 0 aliphatic heterocycles. The fraction of sp³-hybridized carbons (Fsp3) is 0.154. The zero-order valence-electron chi connectivity index (χ0n) is 10.5. The van der Waals surface area contributed by atoms with Crippen LogP contribution in [0.5, 0.6) is 5.75 Å². The summed E-state index contributed by atoms with van der Waals surface area (Å²) in [6, 6.07) is 9.36. The quantitative estimate of drug-likeness (QED) is 0.863. The van der Waals surface area contributed by atoms with Gasteiger partial charge in [0.2, 0.25) is 0 Å². The molecule has 96 valence electrons. The van der Waals surface area contributed by atoms with Crippen LogP contribution in [0.4, 0.5) is 5.69 Å². The second-order valence-electron chi connectivity index (χ2n) is 3.69. The number of nitriles is 1. The Morgan fingerprint density at radius 2 is 1.95 bits per heavy atom. The van der Waals surface area contributed by atoms with Crippen LogP contribution < -0.4 is 10.5 Å². The molecule has 0 aliphatic rings. The van der Waals surface area contributed by atoms with Gasteiger partial charge in [-0.1, -0.05) is 0 Å². The van der Waals surface area contributed by atoms with E-state index in [0.29, 0.717) is 22.0 Å². The number of hydrogen-bond donors (Lipinski definition) is 1. The minimum absolute atomic E-state index is 0.354. The molecule has 0 bridgehead atoms. The zero-order chi connectivity index (χ0) is 13.8. The molecule has 0 saturated carbocycles. The molecule has 5 nitrogen and oxygen atoms in total. The van der Waals surface area contributed by atoms with Crippen LogP contribution in [0.15, 0.2) is 29.3 Å². The largest absolute Gasteiger partial charge is 0.497 e. The number of ether oxygens (including phenoxy) is 1. The number of nitrogen functional groups attached to an aromatic ring is 1. The van der Waals surface area contributed by atoms with E-state index in [1.807, 2.05) is 30.5 Å². The maximum Gasteiger partial charge on any atom is 0.138 e. The molecule has 0 unspecified atom stereocenters. The number of anilines is 1. The molecule has 0 amide bonds. The Balaban J connectivity index is 2.53. The van der Waals surface area contributed by atoms with Crippen molar-refractivity contribution in [3.63, 3.8) is 0 Å². The maximum atomic E-state index is 9.15. The van der Waals surface area contributed by atoms with Crippen LogP contribution in [0.3, 0.4) is 0 Å². The average molecular weight is 272 g/mol. The minimum atomic E-state index is 0.354. The summed E-state index contributed by atoms with van der Waals surface area (Å²) in [5.74, 6) is 0.747. The molecular formula is C13H12N4OS. The van der Waals surface area contributed by atoms with Gasteiger partial charge in [-0.25, -0.2) is 0 Å². The minimum Gasteiger partial charge on any atom is -0.497 e. The van der Waals surface area contributed by atoms with Gasteiger partial charge in [0, 0.05) is 5.56 Å². The second kappa shape index (κ2) is 5.59. The number of methoxy groups -OCH3 is 1. The number of rotatable bonds is 3. The van der Waals surface area contributed by atoms with E-state index in [2.05, 4.69) is 16.3 Å². The molecule has 2 aromatic rings. The van der Waals surface area contributed by atoms with Crippen molar-refractivity contribution in [1.82, 2.24) is 10.2 Å². The van der Waals surface area contributed by atoms with Gasteiger partial charge in [-0.15, -0.1) is 22.0 Å². The van der Waals surface area contributed by atoms with E-state index in [1.165, 1.54) is 11.8 Å². The van der Waals surface area contributed by atoms with Gasteiger partial charge in [0.15, 0.2) is 0 Å². The van der Waals surface area contributed by atoms with E-state index in [9.17, 15) is 0 Å². The summed E-state index contributed by atoms with van der Waals surface area (Å²) in [6.07, 6.45) is 1.83. The Bertz CT molecular complexity index is 634. The van der Waals surface area contributed by atoms with E-state index in [1.54, 1.807) is 7.11 Å². The average Bonchev–Trinajstić information content (AvgIpc) is 2.47. The van der Waals surface area contributed by atoms with Crippen molar-refractivity contribution in [1.29, 1.82) is 5.26 Å². The fourth-order valence-electron chi connectivity index (χ4n) is 1.65. The van der Waals surface area contributed by atoms with Crippen molar-refractivity contribution >= 4 is 17.4 Å². The summed E-state index contributed by atoms with van der Waals surface area (Å²) < 4.78 is 5.09. The van der Waals surface area contributed by atoms with Crippen molar-refractivity contribution in [2.45, 2.75) is 5.03 Å². The van der Waals surface area contributed by atoms with Gasteiger partial charge >= 0.3 is 0 Å².